The number of hydrogen-bond donors (Lipinski definition) is 0. The van der Waals surface area contributed by atoms with Crippen molar-refractivity contribution in [3.63, 3.8) is 0 Å². The smallest absolute Gasteiger partial charge is 0.251 e. The van der Waals surface area contributed by atoms with Crippen molar-refractivity contribution in [2.75, 3.05) is 6.16 Å². The van der Waals surface area contributed by atoms with Crippen LogP contribution in [0.2, 0.25) is 0 Å². The quantitative estimate of drug-likeness (QED) is 0.0289. The van der Waals surface area contributed by atoms with Crippen molar-refractivity contribution >= 4 is 35.4 Å². The van der Waals surface area contributed by atoms with Crippen LogP contribution in [0.3, 0.4) is 0 Å². The maximum absolute atomic E-state index is 17.6. The third kappa shape index (κ3) is 7.41. The summed E-state index contributed by atoms with van der Waals surface area (Å²) in [4.78, 5) is 0. The fourth-order valence-corrected chi connectivity index (χ4v) is 14.2. The van der Waals surface area contributed by atoms with Gasteiger partial charge in [0, 0.05) is 0 Å². The summed E-state index contributed by atoms with van der Waals surface area (Å²) in [6, 6.07) is 0. The molecule has 3 aromatic carbocycles. The molecule has 0 aliphatic heterocycles. The fraction of sp³-hybridized carbons (Fsp3) is 0.459. The van der Waals surface area contributed by atoms with Crippen molar-refractivity contribution in [3.8, 4) is 0 Å². The molecule has 0 heterocycles. The molecule has 0 aliphatic rings. The molecule has 0 nitrogen and oxygen atoms in total. The molecule has 0 saturated carbocycles. The largest absolute Gasteiger partial charge is 0.498 e. The molecule has 3 rings (SSSR count). The molecule has 300 valence electrons. The Balaban J connectivity index is 2.50. The molecule has 0 atom stereocenters. The van der Waals surface area contributed by atoms with Gasteiger partial charge in [-0.25, -0.2) is 52.7 Å². The minimum atomic E-state index is -6.87. The van der Waals surface area contributed by atoms with Crippen LogP contribution in [0.4, 0.5) is 65.8 Å². The van der Waals surface area contributed by atoms with Crippen molar-refractivity contribution in [1.82, 2.24) is 0 Å². The predicted octanol–water partition coefficient (Wildman–Crippen LogP) is 11.1. The van der Waals surface area contributed by atoms with Gasteiger partial charge in [0.05, 0.1) is 23.7 Å². The van der Waals surface area contributed by atoms with Gasteiger partial charge in [0.2, 0.25) is 11.6 Å². The average molecular weight is 810 g/mol. The van der Waals surface area contributed by atoms with Crippen molar-refractivity contribution < 1.29 is 65.8 Å². The first-order valence-electron chi connectivity index (χ1n) is 17.0. The van der Waals surface area contributed by atoms with E-state index in [-0.39, 0.29) is 12.6 Å². The molecule has 3 aromatic rings. The van der Waals surface area contributed by atoms with Gasteiger partial charge >= 0.3 is 0 Å². The molecule has 0 fully saturated rings. The van der Waals surface area contributed by atoms with Gasteiger partial charge in [0.15, 0.2) is 40.2 Å². The highest BCUT2D eigenvalue weighted by atomic mass is 31.2. The Morgan fingerprint density at radius 1 is 0.426 bits per heavy atom. The first-order valence-corrected chi connectivity index (χ1v) is 19.0. The van der Waals surface area contributed by atoms with E-state index in [1.54, 1.807) is 6.08 Å². The van der Waals surface area contributed by atoms with Crippen molar-refractivity contribution in [1.29, 1.82) is 0 Å². The minimum Gasteiger partial charge on any atom is -0.498 e. The third-order valence-electron chi connectivity index (χ3n) is 10.0. The first-order chi connectivity index (χ1) is 24.8. The average Bonchev–Trinajstić information content (AvgIpc) is 3.08. The van der Waals surface area contributed by atoms with E-state index in [0.717, 1.165) is 32.1 Å². The fourth-order valence-electron chi connectivity index (χ4n) is 7.68. The molecule has 17 heteroatoms. The molecular weight excluding hydrogens is 771 g/mol. The molecule has 0 saturated heterocycles. The summed E-state index contributed by atoms with van der Waals surface area (Å²) in [5.41, 5.74) is -9.33. The van der Waals surface area contributed by atoms with Crippen molar-refractivity contribution in [2.45, 2.75) is 103 Å². The Labute approximate surface area is 304 Å². The van der Waals surface area contributed by atoms with Gasteiger partial charge in [-0.2, -0.15) is 8.78 Å². The SMILES string of the molecule is C=CCCCCCCCCC[P+](c1c(F)c(F)c([B-](F)(c2c(F)c(F)c(F)c(F)c2F)c2c(F)c(F)c(F)c(F)c2F)c(F)c1F)(C(C)(C)C)C(C)(C)C. The second kappa shape index (κ2) is 16.5. The molecule has 0 radical (unpaired) electrons. The Kier molecular flexibility index (Phi) is 13.8. The van der Waals surface area contributed by atoms with E-state index in [0.29, 0.717) is 12.8 Å². The molecule has 0 amide bonds. The number of allylic oxidation sites excluding steroid dienone is 1. The lowest BCUT2D eigenvalue weighted by Gasteiger charge is -2.47. The Morgan fingerprint density at radius 2 is 0.685 bits per heavy atom. The van der Waals surface area contributed by atoms with Gasteiger partial charge in [0.25, 0.3) is 6.42 Å². The highest BCUT2D eigenvalue weighted by Gasteiger charge is 2.63. The summed E-state index contributed by atoms with van der Waals surface area (Å²) >= 11 is 0. The molecule has 0 N–H and O–H groups in total. The minimum absolute atomic E-state index is 0.0935. The number of rotatable bonds is 14. The van der Waals surface area contributed by atoms with Gasteiger partial charge in [-0.05, 0) is 67.2 Å². The normalized spacial score (nSPS) is 12.9. The lowest BCUT2D eigenvalue weighted by atomic mass is 9.30. The van der Waals surface area contributed by atoms with Gasteiger partial charge in [-0.3, -0.25) is 0 Å². The van der Waals surface area contributed by atoms with Crippen LogP contribution < -0.4 is 21.7 Å². The number of unbranched alkanes of at least 4 members (excludes halogenated alkanes) is 7. The van der Waals surface area contributed by atoms with Crippen LogP contribution in [0.5, 0.6) is 0 Å². The molecular formula is C37H39BF15P. The lowest BCUT2D eigenvalue weighted by molar-refractivity contribution is 0.380. The molecule has 0 aromatic heterocycles. The number of halogens is 15. The van der Waals surface area contributed by atoms with Gasteiger partial charge in [-0.1, -0.05) is 48.1 Å². The summed E-state index contributed by atoms with van der Waals surface area (Å²) < 4.78 is 231. The molecule has 0 aliphatic carbocycles. The molecule has 54 heavy (non-hydrogen) atoms. The monoisotopic (exact) mass is 810 g/mol. The van der Waals surface area contributed by atoms with Crippen molar-refractivity contribution in [3.05, 3.63) is 94.1 Å². The maximum Gasteiger partial charge on any atom is 0.251 e. The molecule has 0 spiro atoms. The van der Waals surface area contributed by atoms with E-state index in [2.05, 4.69) is 6.58 Å². The van der Waals surface area contributed by atoms with Crippen LogP contribution in [-0.2, 0) is 0 Å². The molecule has 0 unspecified atom stereocenters. The summed E-state index contributed by atoms with van der Waals surface area (Å²) in [6.45, 7) is 12.7. The summed E-state index contributed by atoms with van der Waals surface area (Å²) in [7, 11) is -3.71. The number of benzene rings is 3. The predicted molar refractivity (Wildman–Crippen MR) is 183 cm³/mol. The Hall–Kier alpha value is -3.16. The van der Waals surface area contributed by atoms with E-state index in [4.69, 9.17) is 0 Å². The summed E-state index contributed by atoms with van der Waals surface area (Å²) in [5, 5.41) is -3.77. The third-order valence-corrected chi connectivity index (χ3v) is 16.8. The van der Waals surface area contributed by atoms with Crippen LogP contribution >= 0.6 is 7.26 Å². The zero-order valence-corrected chi connectivity index (χ0v) is 31.2. The van der Waals surface area contributed by atoms with E-state index in [1.165, 1.54) is 41.5 Å². The summed E-state index contributed by atoms with van der Waals surface area (Å²) in [6.07, 6.45) is 0.529. The highest BCUT2D eigenvalue weighted by Crippen LogP contribution is 2.76. The van der Waals surface area contributed by atoms with Gasteiger partial charge in [-0.15, -0.1) is 6.58 Å². The van der Waals surface area contributed by atoms with E-state index in [1.807, 2.05) is 0 Å². The maximum atomic E-state index is 17.6. The Bertz CT molecular complexity index is 1740. The van der Waals surface area contributed by atoms with Gasteiger partial charge < -0.3 is 4.32 Å². The van der Waals surface area contributed by atoms with Gasteiger partial charge in [0.1, 0.15) is 34.9 Å². The molecule has 0 bridgehead atoms. The van der Waals surface area contributed by atoms with E-state index < -0.39 is 127 Å². The van der Waals surface area contributed by atoms with Crippen LogP contribution in [0.15, 0.2) is 12.7 Å². The number of hydrogen-bond acceptors (Lipinski definition) is 0. The standard InChI is InChI=1S/C37H39BF15P/c1-8-9-10-11-12-13-14-15-16-17-54(36(2,3)4,37(5,6)7)35-33(51)25(43)20(26(44)34(35)52)38(53,18-21(39)27(45)31(49)28(46)22(18)40)19-23(41)29(47)32(50)30(48)24(19)42/h8H,1,9-17H2,2-7H3. The zero-order valence-electron chi connectivity index (χ0n) is 30.3. The lowest BCUT2D eigenvalue weighted by Crippen LogP contribution is -2.71. The highest BCUT2D eigenvalue weighted by molar-refractivity contribution is 7.85. The topological polar surface area (TPSA) is 0 Å². The second-order valence-electron chi connectivity index (χ2n) is 15.2. The van der Waals surface area contributed by atoms with E-state index in [9.17, 15) is 26.3 Å². The second-order valence-corrected chi connectivity index (χ2v) is 20.4. The Morgan fingerprint density at radius 3 is 0.981 bits per heavy atom. The summed E-state index contributed by atoms with van der Waals surface area (Å²) in [5.74, 6) is -42.8. The van der Waals surface area contributed by atoms with Crippen LogP contribution in [0.25, 0.3) is 0 Å². The van der Waals surface area contributed by atoms with E-state index >= 15 is 39.4 Å². The van der Waals surface area contributed by atoms with Crippen LogP contribution in [-0.4, -0.2) is 22.9 Å². The van der Waals surface area contributed by atoms with Crippen LogP contribution in [0, 0.1) is 81.4 Å². The first kappa shape index (κ1) is 45.2. The zero-order chi connectivity index (χ0) is 41.5. The van der Waals surface area contributed by atoms with Crippen LogP contribution in [0.1, 0.15) is 92.9 Å². The van der Waals surface area contributed by atoms with Crippen molar-refractivity contribution in [2.24, 2.45) is 0 Å².